The summed E-state index contributed by atoms with van der Waals surface area (Å²) < 4.78 is 6.49. The van der Waals surface area contributed by atoms with E-state index in [-0.39, 0.29) is 58.4 Å². The van der Waals surface area contributed by atoms with E-state index in [0.717, 1.165) is 36.1 Å². The first-order chi connectivity index (χ1) is 19.5. The zero-order valence-electron chi connectivity index (χ0n) is 24.4. The minimum Gasteiger partial charge on any atom is -1.00 e. The molecule has 0 aliphatic heterocycles. The molecule has 0 saturated carbocycles. The summed E-state index contributed by atoms with van der Waals surface area (Å²) in [5.74, 6) is 0.312. The van der Waals surface area contributed by atoms with E-state index >= 15 is 0 Å². The van der Waals surface area contributed by atoms with Gasteiger partial charge in [0.25, 0.3) is 5.91 Å². The maximum atomic E-state index is 12.6. The average Bonchev–Trinajstić information content (AvgIpc) is 2.94. The van der Waals surface area contributed by atoms with Crippen LogP contribution in [0.3, 0.4) is 0 Å². The fourth-order valence-electron chi connectivity index (χ4n) is 4.24. The second kappa shape index (κ2) is 17.1. The predicted molar refractivity (Wildman–Crippen MR) is 162 cm³/mol. The Morgan fingerprint density at radius 1 is 0.929 bits per heavy atom. The highest BCUT2D eigenvalue weighted by molar-refractivity contribution is 6.31. The molecule has 12 heteroatoms. The highest BCUT2D eigenvalue weighted by Crippen LogP contribution is 2.18. The largest absolute Gasteiger partial charge is 1.00 e. The van der Waals surface area contributed by atoms with Crippen molar-refractivity contribution < 1.29 is 42.8 Å². The van der Waals surface area contributed by atoms with Crippen molar-refractivity contribution in [2.45, 2.75) is 44.8 Å². The van der Waals surface area contributed by atoms with Gasteiger partial charge in [0.15, 0.2) is 22.5 Å². The van der Waals surface area contributed by atoms with Gasteiger partial charge in [-0.05, 0) is 42.5 Å². The fraction of sp³-hybridized carbons (Fsp3) is 0.400. The lowest BCUT2D eigenvalue weighted by Crippen LogP contribution is -3.00. The van der Waals surface area contributed by atoms with Crippen LogP contribution in [0, 0.1) is 0 Å². The number of nitrogens with zero attached hydrogens (tertiary/aromatic N) is 3. The van der Waals surface area contributed by atoms with Gasteiger partial charge in [-0.25, -0.2) is 9.97 Å². The third-order valence-corrected chi connectivity index (χ3v) is 7.09. The number of unbranched alkanes of at least 4 members (excludes halogenated alkanes) is 1. The second-order valence-corrected chi connectivity index (χ2v) is 11.2. The number of nitrogens with one attached hydrogen (secondary N) is 2. The number of halogens is 2. The Hall–Kier alpha value is -3.16. The molecular weight excluding hydrogens is 669 g/mol. The molecule has 0 fully saturated rings. The summed E-state index contributed by atoms with van der Waals surface area (Å²) in [5.41, 5.74) is 13.6. The zero-order chi connectivity index (χ0) is 29.8. The van der Waals surface area contributed by atoms with Gasteiger partial charge < -0.3 is 55.3 Å². The van der Waals surface area contributed by atoms with Gasteiger partial charge in [0.1, 0.15) is 18.4 Å². The molecule has 0 saturated heterocycles. The fourth-order valence-corrected chi connectivity index (χ4v) is 4.37. The van der Waals surface area contributed by atoms with Crippen molar-refractivity contribution in [1.29, 1.82) is 0 Å². The maximum absolute atomic E-state index is 12.6. The van der Waals surface area contributed by atoms with E-state index < -0.39 is 5.91 Å². The zero-order valence-corrected chi connectivity index (χ0v) is 27.3. The molecule has 2 aromatic carbocycles. The highest BCUT2D eigenvalue weighted by Gasteiger charge is 2.25. The van der Waals surface area contributed by atoms with Crippen LogP contribution in [0.1, 0.15) is 47.3 Å². The first kappa shape index (κ1) is 35.0. The lowest BCUT2D eigenvalue weighted by atomic mass is 10.1. The van der Waals surface area contributed by atoms with E-state index in [2.05, 4.69) is 41.7 Å². The number of quaternary nitrogens is 1. The Morgan fingerprint density at radius 2 is 1.62 bits per heavy atom. The van der Waals surface area contributed by atoms with Gasteiger partial charge in [0, 0.05) is 19.4 Å². The number of ether oxygens (including phenoxy) is 1. The molecule has 0 bridgehead atoms. The van der Waals surface area contributed by atoms with Crippen molar-refractivity contribution >= 4 is 35.1 Å². The van der Waals surface area contributed by atoms with Gasteiger partial charge in [-0.1, -0.05) is 54.1 Å². The summed E-state index contributed by atoms with van der Waals surface area (Å²) in [6.07, 6.45) is 3.70. The Balaban J connectivity index is 0.00000616. The summed E-state index contributed by atoms with van der Waals surface area (Å²) in [6.45, 7) is 1.56. The van der Waals surface area contributed by atoms with Crippen molar-refractivity contribution in [2.24, 2.45) is 0 Å². The molecule has 0 unspecified atom stereocenters. The van der Waals surface area contributed by atoms with Crippen LogP contribution in [0.25, 0.3) is 0 Å². The summed E-state index contributed by atoms with van der Waals surface area (Å²) in [6, 6.07) is 18.1. The molecule has 6 N–H and O–H groups in total. The summed E-state index contributed by atoms with van der Waals surface area (Å²) >= 11 is 5.90. The highest BCUT2D eigenvalue weighted by atomic mass is 127. The number of nitrogen functional groups attached to an aromatic ring is 2. The third kappa shape index (κ3) is 11.6. The van der Waals surface area contributed by atoms with Crippen LogP contribution < -0.4 is 50.8 Å². The smallest absolute Gasteiger partial charge is 0.274 e. The lowest BCUT2D eigenvalue weighted by Gasteiger charge is -2.34. The summed E-state index contributed by atoms with van der Waals surface area (Å²) in [7, 11) is 6.23. The number of likely N-dealkylation sites (N-methyl/N-ethyl adjacent to an activating group) is 1. The third-order valence-electron chi connectivity index (χ3n) is 6.81. The molecule has 1 atom stereocenters. The normalized spacial score (nSPS) is 11.7. The first-order valence-electron chi connectivity index (χ1n) is 13.7. The molecule has 3 rings (SSSR count). The van der Waals surface area contributed by atoms with Crippen molar-refractivity contribution in [3.05, 3.63) is 76.6 Å². The van der Waals surface area contributed by atoms with Gasteiger partial charge in [0.2, 0.25) is 5.91 Å². The lowest BCUT2D eigenvalue weighted by molar-refractivity contribution is -0.895. The molecule has 1 aromatic heterocycles. The number of carbonyl (C=O) groups is 2. The average molecular weight is 710 g/mol. The van der Waals surface area contributed by atoms with E-state index in [1.165, 1.54) is 0 Å². The monoisotopic (exact) mass is 709 g/mol. The van der Waals surface area contributed by atoms with Crippen molar-refractivity contribution in [1.82, 2.24) is 20.6 Å². The second-order valence-electron chi connectivity index (χ2n) is 10.9. The Morgan fingerprint density at radius 3 is 2.29 bits per heavy atom. The Kier molecular flexibility index (Phi) is 14.2. The maximum Gasteiger partial charge on any atom is 0.274 e. The molecule has 0 spiro atoms. The molecule has 3 aromatic rings. The molecule has 0 aliphatic rings. The Labute approximate surface area is 270 Å². The van der Waals surface area contributed by atoms with Crippen LogP contribution in [0.2, 0.25) is 5.15 Å². The van der Waals surface area contributed by atoms with Gasteiger partial charge in [-0.15, -0.1) is 0 Å². The molecule has 1 heterocycles. The number of hydrogen-bond donors (Lipinski definition) is 4. The minimum absolute atomic E-state index is 0. The van der Waals surface area contributed by atoms with E-state index in [4.69, 9.17) is 27.8 Å². The van der Waals surface area contributed by atoms with E-state index in [1.54, 1.807) is 0 Å². The molecule has 228 valence electrons. The number of benzene rings is 2. The number of aryl methyl sites for hydroxylation is 1. The van der Waals surface area contributed by atoms with Crippen LogP contribution in [0.4, 0.5) is 11.6 Å². The quantitative estimate of drug-likeness (QED) is 0.103. The van der Waals surface area contributed by atoms with Gasteiger partial charge >= 0.3 is 0 Å². The molecule has 42 heavy (non-hydrogen) atoms. The number of nitrogens with two attached hydrogens (primary N) is 2. The van der Waals surface area contributed by atoms with E-state index in [1.807, 2.05) is 54.6 Å². The number of amides is 2. The Bertz CT molecular complexity index is 1290. The van der Waals surface area contributed by atoms with Crippen LogP contribution >= 0.6 is 11.6 Å². The molecule has 10 nitrogen and oxygen atoms in total. The number of anilines is 2. The first-order valence-corrected chi connectivity index (χ1v) is 14.1. The van der Waals surface area contributed by atoms with Gasteiger partial charge in [0.05, 0.1) is 27.7 Å². The summed E-state index contributed by atoms with van der Waals surface area (Å²) in [4.78, 5) is 32.8. The molecule has 0 radical (unpaired) electrons. The van der Waals surface area contributed by atoms with Gasteiger partial charge in [-0.2, -0.15) is 0 Å². The van der Waals surface area contributed by atoms with Crippen molar-refractivity contribution in [2.75, 3.05) is 45.7 Å². The van der Waals surface area contributed by atoms with E-state index in [0.29, 0.717) is 37.0 Å². The minimum atomic E-state index is -0.447. The van der Waals surface area contributed by atoms with Crippen LogP contribution in [0.5, 0.6) is 5.75 Å². The van der Waals surface area contributed by atoms with Gasteiger partial charge in [-0.3, -0.25) is 9.59 Å². The molecule has 0 aliphatic carbocycles. The standard InChI is InChI=1S/C30H40ClN7O3.HI/c1-38(2,3)23(19-35-30(40)26-28(32)37-29(33)27(31)36-26)11-7-8-18-34-25(39)17-14-21-12-15-24(16-13-21)41-20-22-9-5-4-6-10-22;/h4-6,9-10,12-13,15-16,23H,7-8,11,14,17-20H2,1-3H3,(H5-,32,33,34,35,37,39,40);1H/t23-;/m0./s1. The van der Waals surface area contributed by atoms with Crippen molar-refractivity contribution in [3.63, 3.8) is 0 Å². The molecule has 2 amide bonds. The van der Waals surface area contributed by atoms with Crippen LogP contribution in [-0.4, -0.2) is 66.5 Å². The number of carbonyl (C=O) groups excluding carboxylic acids is 2. The van der Waals surface area contributed by atoms with Crippen molar-refractivity contribution in [3.8, 4) is 5.75 Å². The number of rotatable bonds is 15. The summed E-state index contributed by atoms with van der Waals surface area (Å²) in [5, 5.41) is 5.84. The van der Waals surface area contributed by atoms with E-state index in [9.17, 15) is 9.59 Å². The van der Waals surface area contributed by atoms with Crippen LogP contribution in [0.15, 0.2) is 54.6 Å². The molecular formula is C30H41ClIN7O3. The SMILES string of the molecule is C[N+](C)(C)[C@@H](CCCCNC(=O)CCc1ccc(OCc2ccccc2)cc1)CNC(=O)c1nc(Cl)c(N)nc1N.[I-]. The number of hydrogen-bond acceptors (Lipinski definition) is 7. The van der Waals surface area contributed by atoms with Crippen LogP contribution in [-0.2, 0) is 17.8 Å². The topological polar surface area (TPSA) is 145 Å². The predicted octanol–water partition coefficient (Wildman–Crippen LogP) is 0.601. The number of aromatic nitrogens is 2.